The third kappa shape index (κ3) is 4.06. The van der Waals surface area contributed by atoms with E-state index in [0.717, 1.165) is 14.2 Å². The van der Waals surface area contributed by atoms with Gasteiger partial charge in [-0.25, -0.2) is 18.0 Å². The van der Waals surface area contributed by atoms with E-state index < -0.39 is 27.0 Å². The quantitative estimate of drug-likeness (QED) is 0.813. The number of amides is 1. The summed E-state index contributed by atoms with van der Waals surface area (Å²) in [7, 11) is -2.01. The first kappa shape index (κ1) is 19.1. The Morgan fingerprint density at radius 3 is 1.81 bits per heavy atom. The average molecular weight is 377 g/mol. The van der Waals surface area contributed by atoms with Crippen molar-refractivity contribution >= 4 is 32.7 Å². The molecule has 9 heteroatoms. The highest BCUT2D eigenvalue weighted by Crippen LogP contribution is 2.19. The molecule has 0 saturated heterocycles. The van der Waals surface area contributed by atoms with E-state index in [1.807, 2.05) is 0 Å². The van der Waals surface area contributed by atoms with Crippen LogP contribution in [0.2, 0.25) is 0 Å². The first-order valence-corrected chi connectivity index (χ1v) is 8.70. The van der Waals surface area contributed by atoms with E-state index >= 15 is 0 Å². The molecule has 0 aliphatic heterocycles. The molecule has 0 unspecified atom stereocenters. The van der Waals surface area contributed by atoms with Gasteiger partial charge < -0.3 is 14.8 Å². The molecule has 0 atom stereocenters. The largest absolute Gasteiger partial charge is 0.465 e. The minimum Gasteiger partial charge on any atom is -0.465 e. The molecule has 1 amide bonds. The predicted molar refractivity (Wildman–Crippen MR) is 91.8 cm³/mol. The molecule has 0 aliphatic rings. The second-order valence-corrected chi connectivity index (χ2v) is 6.86. The fourth-order valence-electron chi connectivity index (χ4n) is 2.06. The van der Waals surface area contributed by atoms with Crippen molar-refractivity contribution in [2.45, 2.75) is 4.90 Å². The van der Waals surface area contributed by atoms with Crippen molar-refractivity contribution in [3.63, 3.8) is 0 Å². The lowest BCUT2D eigenvalue weighted by Crippen LogP contribution is -2.22. The standard InChI is InChI=1S/C17H15NO7S/c1-24-15(19)11-8-12(16(20)25-2)10-13(9-11)18-17(21)26(22,23)14-6-4-3-5-7-14/h3-10H,1-2H3,(H,18,21). The number of sulfone groups is 1. The van der Waals surface area contributed by atoms with Gasteiger partial charge in [0.25, 0.3) is 9.84 Å². The SMILES string of the molecule is COC(=O)c1cc(NC(=O)S(=O)(=O)c2ccccc2)cc(C(=O)OC)c1. The first-order valence-electron chi connectivity index (χ1n) is 7.22. The van der Waals surface area contributed by atoms with E-state index in [-0.39, 0.29) is 21.7 Å². The molecule has 1 N–H and O–H groups in total. The number of carbonyl (C=O) groups is 3. The van der Waals surface area contributed by atoms with Crippen LogP contribution in [0.5, 0.6) is 0 Å². The molecule has 0 fully saturated rings. The molecule has 26 heavy (non-hydrogen) atoms. The maximum atomic E-state index is 12.3. The number of nitrogens with one attached hydrogen (secondary N) is 1. The number of methoxy groups -OCH3 is 2. The second-order valence-electron chi connectivity index (χ2n) is 5.01. The minimum atomic E-state index is -4.30. The van der Waals surface area contributed by atoms with E-state index in [1.165, 1.54) is 42.5 Å². The third-order valence-electron chi connectivity index (χ3n) is 3.32. The van der Waals surface area contributed by atoms with Crippen LogP contribution in [-0.2, 0) is 19.3 Å². The lowest BCUT2D eigenvalue weighted by molar-refractivity contribution is 0.0599. The van der Waals surface area contributed by atoms with Crippen LogP contribution in [0, 0.1) is 0 Å². The summed E-state index contributed by atoms with van der Waals surface area (Å²) in [6.07, 6.45) is 0. The Bertz CT molecular complexity index is 918. The monoisotopic (exact) mass is 377 g/mol. The Balaban J connectivity index is 2.40. The molecule has 0 bridgehead atoms. The van der Waals surface area contributed by atoms with Gasteiger partial charge in [-0.1, -0.05) is 18.2 Å². The van der Waals surface area contributed by atoms with Crippen molar-refractivity contribution in [2.24, 2.45) is 0 Å². The van der Waals surface area contributed by atoms with Gasteiger partial charge in [0.15, 0.2) is 0 Å². The molecule has 0 saturated carbocycles. The highest BCUT2D eigenvalue weighted by atomic mass is 32.2. The number of ether oxygens (including phenoxy) is 2. The Kier molecular flexibility index (Phi) is 5.73. The third-order valence-corrected chi connectivity index (χ3v) is 4.80. The molecule has 0 spiro atoms. The van der Waals surface area contributed by atoms with Gasteiger partial charge in [-0.2, -0.15) is 0 Å². The van der Waals surface area contributed by atoms with Crippen LogP contribution in [0.15, 0.2) is 53.4 Å². The molecular formula is C17H15NO7S. The Labute approximate surface area is 149 Å². The van der Waals surface area contributed by atoms with Crippen LogP contribution in [0.1, 0.15) is 20.7 Å². The lowest BCUT2D eigenvalue weighted by atomic mass is 10.1. The summed E-state index contributed by atoms with van der Waals surface area (Å²) in [5.41, 5.74) is -0.177. The van der Waals surface area contributed by atoms with Crippen LogP contribution in [0.25, 0.3) is 0 Å². The number of hydrogen-bond donors (Lipinski definition) is 1. The number of benzene rings is 2. The van der Waals surface area contributed by atoms with Crippen molar-refractivity contribution in [1.82, 2.24) is 0 Å². The summed E-state index contributed by atoms with van der Waals surface area (Å²) >= 11 is 0. The minimum absolute atomic E-state index is 0.0530. The summed E-state index contributed by atoms with van der Waals surface area (Å²) in [5.74, 6) is -1.53. The van der Waals surface area contributed by atoms with Gasteiger partial charge in [0.1, 0.15) is 0 Å². The van der Waals surface area contributed by atoms with E-state index in [2.05, 4.69) is 14.8 Å². The number of rotatable bonds is 4. The van der Waals surface area contributed by atoms with Crippen LogP contribution in [-0.4, -0.2) is 39.8 Å². The van der Waals surface area contributed by atoms with Crippen molar-refractivity contribution in [3.8, 4) is 0 Å². The van der Waals surface area contributed by atoms with E-state index in [9.17, 15) is 22.8 Å². The normalized spacial score (nSPS) is 10.7. The van der Waals surface area contributed by atoms with E-state index in [1.54, 1.807) is 6.07 Å². The van der Waals surface area contributed by atoms with Crippen molar-refractivity contribution in [3.05, 3.63) is 59.7 Å². The average Bonchev–Trinajstić information content (AvgIpc) is 2.66. The number of carbonyl (C=O) groups excluding carboxylic acids is 3. The fourth-order valence-corrected chi connectivity index (χ4v) is 3.04. The molecule has 2 aromatic rings. The Morgan fingerprint density at radius 2 is 1.35 bits per heavy atom. The molecule has 0 aromatic heterocycles. The van der Waals surface area contributed by atoms with Gasteiger partial charge in [-0.15, -0.1) is 0 Å². The van der Waals surface area contributed by atoms with E-state index in [4.69, 9.17) is 0 Å². The maximum absolute atomic E-state index is 12.3. The van der Waals surface area contributed by atoms with Gasteiger partial charge >= 0.3 is 17.2 Å². The summed E-state index contributed by atoms with van der Waals surface area (Å²) < 4.78 is 33.7. The van der Waals surface area contributed by atoms with Crippen molar-refractivity contribution < 1.29 is 32.3 Å². The van der Waals surface area contributed by atoms with Crippen LogP contribution in [0.3, 0.4) is 0 Å². The summed E-state index contributed by atoms with van der Waals surface area (Å²) in [6.45, 7) is 0. The van der Waals surface area contributed by atoms with Crippen molar-refractivity contribution in [1.29, 1.82) is 0 Å². The smallest absolute Gasteiger partial charge is 0.345 e. The van der Waals surface area contributed by atoms with Gasteiger partial charge in [-0.05, 0) is 30.3 Å². The number of hydrogen-bond acceptors (Lipinski definition) is 7. The molecular weight excluding hydrogens is 362 g/mol. The van der Waals surface area contributed by atoms with Crippen LogP contribution >= 0.6 is 0 Å². The Hall–Kier alpha value is -3.20. The van der Waals surface area contributed by atoms with Gasteiger partial charge in [0, 0.05) is 5.69 Å². The summed E-state index contributed by atoms with van der Waals surface area (Å²) in [6, 6.07) is 10.7. The lowest BCUT2D eigenvalue weighted by Gasteiger charge is -2.10. The first-order chi connectivity index (χ1) is 12.3. The molecule has 2 aromatic carbocycles. The van der Waals surface area contributed by atoms with Crippen molar-refractivity contribution in [2.75, 3.05) is 19.5 Å². The van der Waals surface area contributed by atoms with E-state index in [0.29, 0.717) is 0 Å². The van der Waals surface area contributed by atoms with Gasteiger partial charge in [0.2, 0.25) is 0 Å². The van der Waals surface area contributed by atoms with Crippen LogP contribution in [0.4, 0.5) is 10.5 Å². The van der Waals surface area contributed by atoms with Crippen LogP contribution < -0.4 is 5.32 Å². The highest BCUT2D eigenvalue weighted by Gasteiger charge is 2.25. The molecule has 0 heterocycles. The van der Waals surface area contributed by atoms with Gasteiger partial charge in [0.05, 0.1) is 30.2 Å². The summed E-state index contributed by atoms with van der Waals surface area (Å²) in [5, 5.41) is 0.873. The topological polar surface area (TPSA) is 116 Å². The number of esters is 2. The molecule has 8 nitrogen and oxygen atoms in total. The fraction of sp³-hybridized carbons (Fsp3) is 0.118. The second kappa shape index (κ2) is 7.79. The number of anilines is 1. The maximum Gasteiger partial charge on any atom is 0.345 e. The zero-order chi connectivity index (χ0) is 19.3. The molecule has 2 rings (SSSR count). The highest BCUT2D eigenvalue weighted by molar-refractivity contribution is 8.06. The van der Waals surface area contributed by atoms with Gasteiger partial charge in [-0.3, -0.25) is 4.79 Å². The predicted octanol–water partition coefficient (Wildman–Crippen LogP) is 2.27. The summed E-state index contributed by atoms with van der Waals surface area (Å²) in [4.78, 5) is 35.5. The Morgan fingerprint density at radius 1 is 0.846 bits per heavy atom. The molecule has 136 valence electrons. The zero-order valence-corrected chi connectivity index (χ0v) is 14.7. The zero-order valence-electron chi connectivity index (χ0n) is 13.9. The molecule has 0 radical (unpaired) electrons. The molecule has 0 aliphatic carbocycles.